The Morgan fingerprint density at radius 2 is 1.79 bits per heavy atom. The first-order valence-corrected chi connectivity index (χ1v) is 11.3. The topological polar surface area (TPSA) is 70.3 Å². The van der Waals surface area contributed by atoms with Gasteiger partial charge in [-0.2, -0.15) is 5.10 Å². The molecule has 1 N–H and O–H groups in total. The summed E-state index contributed by atoms with van der Waals surface area (Å²) in [5, 5.41) is 8.49. The molecule has 0 fully saturated rings. The number of amides is 1. The molecule has 0 aliphatic heterocycles. The van der Waals surface area contributed by atoms with Crippen LogP contribution in [-0.2, 0) is 13.5 Å². The molecule has 0 atom stereocenters. The molecule has 0 saturated heterocycles. The number of hydrogen-bond acceptors (Lipinski definition) is 4. The van der Waals surface area contributed by atoms with E-state index in [4.69, 9.17) is 32.7 Å². The molecule has 2 heterocycles. The number of benzene rings is 2. The van der Waals surface area contributed by atoms with Crippen LogP contribution in [0.15, 0.2) is 60.8 Å². The van der Waals surface area contributed by atoms with E-state index >= 15 is 0 Å². The fourth-order valence-electron chi connectivity index (χ4n) is 3.66. The minimum Gasteiger partial charge on any atom is -0.493 e. The molecule has 4 aromatic rings. The molecule has 0 unspecified atom stereocenters. The second kappa shape index (κ2) is 10.2. The van der Waals surface area contributed by atoms with Gasteiger partial charge in [-0.3, -0.25) is 4.79 Å². The first-order valence-electron chi connectivity index (χ1n) is 10.6. The van der Waals surface area contributed by atoms with E-state index in [1.165, 1.54) is 0 Å². The monoisotopic (exact) mass is 498 g/mol. The van der Waals surface area contributed by atoms with E-state index in [2.05, 4.69) is 10.4 Å². The molecule has 0 spiro atoms. The molecule has 2 aromatic carbocycles. The van der Waals surface area contributed by atoms with Crippen molar-refractivity contribution in [2.45, 2.75) is 6.42 Å². The Labute approximate surface area is 207 Å². The third-order valence-electron chi connectivity index (χ3n) is 5.44. The van der Waals surface area contributed by atoms with Crippen LogP contribution < -0.4 is 14.8 Å². The predicted molar refractivity (Wildman–Crippen MR) is 134 cm³/mol. The van der Waals surface area contributed by atoms with Crippen LogP contribution in [-0.4, -0.2) is 41.0 Å². The van der Waals surface area contributed by atoms with Gasteiger partial charge < -0.3 is 19.4 Å². The maximum Gasteiger partial charge on any atom is 0.270 e. The summed E-state index contributed by atoms with van der Waals surface area (Å²) in [6.45, 7) is 0.431. The molecule has 2 aromatic heterocycles. The molecule has 0 bridgehead atoms. The van der Waals surface area contributed by atoms with Gasteiger partial charge in [-0.1, -0.05) is 29.3 Å². The molecule has 0 radical (unpaired) electrons. The fraction of sp³-hybridized carbons (Fsp3) is 0.200. The lowest BCUT2D eigenvalue weighted by Crippen LogP contribution is -2.27. The Bertz CT molecular complexity index is 1330. The first-order chi connectivity index (χ1) is 16.4. The Morgan fingerprint density at radius 3 is 2.47 bits per heavy atom. The fourth-order valence-corrected chi connectivity index (χ4v) is 3.95. The minimum atomic E-state index is -0.250. The standard InChI is InChI=1S/C25H24Cl2N4O3/c1-30-12-4-5-21(30)20-15-22(31(29-20)17-7-8-18(26)19(27)14-17)25(32)28-11-10-16-6-9-23(33-2)24(13-16)34-3/h4-9,12-15H,10-11H2,1-3H3,(H,28,32). The second-order valence-electron chi connectivity index (χ2n) is 7.62. The van der Waals surface area contributed by atoms with Crippen molar-refractivity contribution in [2.24, 2.45) is 7.05 Å². The van der Waals surface area contributed by atoms with Crippen molar-refractivity contribution in [3.63, 3.8) is 0 Å². The number of halogens is 2. The smallest absolute Gasteiger partial charge is 0.270 e. The van der Waals surface area contributed by atoms with E-state index in [-0.39, 0.29) is 5.91 Å². The molecule has 0 aliphatic carbocycles. The number of methoxy groups -OCH3 is 2. The molecule has 176 valence electrons. The molecule has 7 nitrogen and oxygen atoms in total. The normalized spacial score (nSPS) is 10.9. The maximum atomic E-state index is 13.2. The number of carbonyl (C=O) groups is 1. The molecule has 0 saturated carbocycles. The molecule has 9 heteroatoms. The second-order valence-corrected chi connectivity index (χ2v) is 8.44. The summed E-state index contributed by atoms with van der Waals surface area (Å²) in [4.78, 5) is 13.2. The third kappa shape index (κ3) is 4.90. The van der Waals surface area contributed by atoms with Crippen LogP contribution in [0.3, 0.4) is 0 Å². The Kier molecular flexibility index (Phi) is 7.14. The Morgan fingerprint density at radius 1 is 1.00 bits per heavy atom. The highest BCUT2D eigenvalue weighted by atomic mass is 35.5. The van der Waals surface area contributed by atoms with E-state index in [0.717, 1.165) is 11.3 Å². The summed E-state index contributed by atoms with van der Waals surface area (Å²) in [5.74, 6) is 1.06. The third-order valence-corrected chi connectivity index (χ3v) is 6.18. The van der Waals surface area contributed by atoms with Crippen LogP contribution in [0.2, 0.25) is 10.0 Å². The largest absolute Gasteiger partial charge is 0.493 e. The zero-order chi connectivity index (χ0) is 24.2. The van der Waals surface area contributed by atoms with Gasteiger partial charge in [-0.25, -0.2) is 4.68 Å². The molecular formula is C25H24Cl2N4O3. The number of hydrogen-bond donors (Lipinski definition) is 1. The summed E-state index contributed by atoms with van der Waals surface area (Å²) < 4.78 is 14.2. The number of carbonyl (C=O) groups excluding carboxylic acids is 1. The average Bonchev–Trinajstić information content (AvgIpc) is 3.47. The van der Waals surface area contributed by atoms with E-state index in [1.54, 1.807) is 43.2 Å². The van der Waals surface area contributed by atoms with Crippen molar-refractivity contribution in [1.29, 1.82) is 0 Å². The van der Waals surface area contributed by atoms with Crippen LogP contribution in [0.5, 0.6) is 11.5 Å². The lowest BCUT2D eigenvalue weighted by molar-refractivity contribution is 0.0946. The van der Waals surface area contributed by atoms with Crippen molar-refractivity contribution >= 4 is 29.1 Å². The molecule has 1 amide bonds. The number of nitrogens with zero attached hydrogens (tertiary/aromatic N) is 3. The number of rotatable bonds is 8. The molecule has 0 aliphatic rings. The van der Waals surface area contributed by atoms with Crippen LogP contribution in [0.25, 0.3) is 17.1 Å². The molecule has 4 rings (SSSR count). The van der Waals surface area contributed by atoms with Crippen LogP contribution >= 0.6 is 23.2 Å². The summed E-state index contributed by atoms with van der Waals surface area (Å²) in [7, 11) is 5.12. The zero-order valence-corrected chi connectivity index (χ0v) is 20.5. The van der Waals surface area contributed by atoms with Gasteiger partial charge in [0.2, 0.25) is 0 Å². The van der Waals surface area contributed by atoms with Crippen molar-refractivity contribution in [2.75, 3.05) is 20.8 Å². The SMILES string of the molecule is COc1ccc(CCNC(=O)c2cc(-c3cccn3C)nn2-c2ccc(Cl)c(Cl)c2)cc1OC. The highest BCUT2D eigenvalue weighted by Gasteiger charge is 2.19. The molecule has 34 heavy (non-hydrogen) atoms. The van der Waals surface area contributed by atoms with Crippen molar-refractivity contribution in [1.82, 2.24) is 19.7 Å². The van der Waals surface area contributed by atoms with E-state index in [9.17, 15) is 4.79 Å². The summed E-state index contributed by atoms with van der Waals surface area (Å²) in [6.07, 6.45) is 2.55. The van der Waals surface area contributed by atoms with E-state index in [0.29, 0.717) is 51.6 Å². The highest BCUT2D eigenvalue weighted by molar-refractivity contribution is 6.42. The van der Waals surface area contributed by atoms with Gasteiger partial charge in [-0.15, -0.1) is 0 Å². The summed E-state index contributed by atoms with van der Waals surface area (Å²) in [5.41, 5.74) is 3.60. The quantitative estimate of drug-likeness (QED) is 0.363. The average molecular weight is 499 g/mol. The number of aryl methyl sites for hydroxylation is 1. The van der Waals surface area contributed by atoms with Gasteiger partial charge in [0.25, 0.3) is 5.91 Å². The predicted octanol–water partition coefficient (Wildman–Crippen LogP) is 5.17. The van der Waals surface area contributed by atoms with Crippen molar-refractivity contribution < 1.29 is 14.3 Å². The summed E-state index contributed by atoms with van der Waals surface area (Å²) >= 11 is 12.3. The van der Waals surface area contributed by atoms with E-state index < -0.39 is 0 Å². The maximum absolute atomic E-state index is 13.2. The van der Waals surface area contributed by atoms with Crippen LogP contribution in [0.1, 0.15) is 16.1 Å². The Hall–Kier alpha value is -3.42. The van der Waals surface area contributed by atoms with Crippen LogP contribution in [0, 0.1) is 0 Å². The lowest BCUT2D eigenvalue weighted by Gasteiger charge is -2.11. The van der Waals surface area contributed by atoms with Crippen molar-refractivity contribution in [3.8, 4) is 28.6 Å². The number of aromatic nitrogens is 3. The molecular weight excluding hydrogens is 475 g/mol. The highest BCUT2D eigenvalue weighted by Crippen LogP contribution is 2.28. The van der Waals surface area contributed by atoms with Crippen molar-refractivity contribution in [3.05, 3.63) is 82.1 Å². The number of nitrogens with one attached hydrogen (secondary N) is 1. The Balaban J connectivity index is 1.58. The van der Waals surface area contributed by atoms with Gasteiger partial charge in [-0.05, 0) is 60.5 Å². The zero-order valence-electron chi connectivity index (χ0n) is 19.0. The van der Waals surface area contributed by atoms with Gasteiger partial charge in [0.15, 0.2) is 11.5 Å². The number of ether oxygens (including phenoxy) is 2. The first kappa shape index (κ1) is 23.7. The lowest BCUT2D eigenvalue weighted by atomic mass is 10.1. The van der Waals surface area contributed by atoms with Gasteiger partial charge in [0.1, 0.15) is 11.4 Å². The van der Waals surface area contributed by atoms with Gasteiger partial charge in [0.05, 0.1) is 35.6 Å². The summed E-state index contributed by atoms with van der Waals surface area (Å²) in [6, 6.07) is 16.5. The van der Waals surface area contributed by atoms with E-state index in [1.807, 2.05) is 48.1 Å². The van der Waals surface area contributed by atoms with Gasteiger partial charge in [0, 0.05) is 19.8 Å². The van der Waals surface area contributed by atoms with Crippen LogP contribution in [0.4, 0.5) is 0 Å². The minimum absolute atomic E-state index is 0.250. The van der Waals surface area contributed by atoms with Gasteiger partial charge >= 0.3 is 0 Å².